The number of para-hydroxylation sites is 1. The second-order valence-electron chi connectivity index (χ2n) is 5.79. The number of hydrogen-bond donors (Lipinski definition) is 3. The van der Waals surface area contributed by atoms with Crippen molar-refractivity contribution in [3.8, 4) is 5.75 Å². The highest BCUT2D eigenvalue weighted by atomic mass is 32.1. The molecule has 1 atom stereocenters. The van der Waals surface area contributed by atoms with Gasteiger partial charge in [-0.05, 0) is 42.6 Å². The van der Waals surface area contributed by atoms with Gasteiger partial charge in [-0.2, -0.15) is 0 Å². The van der Waals surface area contributed by atoms with E-state index in [9.17, 15) is 9.59 Å². The molecule has 0 saturated carbocycles. The van der Waals surface area contributed by atoms with Gasteiger partial charge in [-0.3, -0.25) is 20.4 Å². The molecule has 1 aromatic carbocycles. The molecule has 0 spiro atoms. The molecule has 2 amide bonds. The summed E-state index contributed by atoms with van der Waals surface area (Å²) in [5, 5.41) is 2.57. The molecule has 0 bridgehead atoms. The fourth-order valence-corrected chi connectivity index (χ4v) is 2.27. The predicted octanol–water partition coefficient (Wildman–Crippen LogP) is 2.79. The lowest BCUT2D eigenvalue weighted by atomic mass is 9.98. The molecule has 0 fully saturated rings. The van der Waals surface area contributed by atoms with E-state index in [0.29, 0.717) is 18.1 Å². The van der Waals surface area contributed by atoms with Crippen LogP contribution in [0.5, 0.6) is 5.75 Å². The molecule has 0 aliphatic carbocycles. The van der Waals surface area contributed by atoms with E-state index in [1.165, 1.54) is 0 Å². The van der Waals surface area contributed by atoms with E-state index in [1.807, 2.05) is 31.2 Å². The van der Waals surface area contributed by atoms with Crippen molar-refractivity contribution < 1.29 is 14.3 Å². The molecule has 7 heteroatoms. The van der Waals surface area contributed by atoms with Crippen LogP contribution in [0.4, 0.5) is 0 Å². The van der Waals surface area contributed by atoms with Gasteiger partial charge in [0.25, 0.3) is 5.91 Å². The van der Waals surface area contributed by atoms with Crippen LogP contribution in [-0.2, 0) is 9.59 Å². The summed E-state index contributed by atoms with van der Waals surface area (Å²) in [6.07, 6.45) is 3.12. The van der Waals surface area contributed by atoms with Crippen LogP contribution in [0.3, 0.4) is 0 Å². The molecule has 1 unspecified atom stereocenters. The number of hydrogen-bond acceptors (Lipinski definition) is 4. The molecule has 1 aromatic rings. The predicted molar refractivity (Wildman–Crippen MR) is 102 cm³/mol. The Morgan fingerprint density at radius 1 is 1.16 bits per heavy atom. The second kappa shape index (κ2) is 11.4. The first-order valence-corrected chi connectivity index (χ1v) is 8.99. The maximum Gasteiger partial charge on any atom is 0.276 e. The molecule has 0 saturated heterocycles. The zero-order valence-electron chi connectivity index (χ0n) is 15.1. The van der Waals surface area contributed by atoms with E-state index >= 15 is 0 Å². The highest BCUT2D eigenvalue weighted by Gasteiger charge is 2.11. The monoisotopic (exact) mass is 365 g/mol. The van der Waals surface area contributed by atoms with Gasteiger partial charge in [0.15, 0.2) is 11.7 Å². The lowest BCUT2D eigenvalue weighted by molar-refractivity contribution is -0.124. The van der Waals surface area contributed by atoms with Gasteiger partial charge in [0.1, 0.15) is 5.75 Å². The molecule has 3 N–H and O–H groups in total. The molecule has 0 aliphatic heterocycles. The summed E-state index contributed by atoms with van der Waals surface area (Å²) in [6, 6.07) is 7.68. The van der Waals surface area contributed by atoms with E-state index in [2.05, 4.69) is 30.0 Å². The first-order chi connectivity index (χ1) is 12.0. The lowest BCUT2D eigenvalue weighted by Crippen LogP contribution is -2.49. The van der Waals surface area contributed by atoms with Crippen molar-refractivity contribution in [1.82, 2.24) is 16.2 Å². The molecule has 138 valence electrons. The number of carbonyl (C=O) groups excluding carboxylic acids is 2. The lowest BCUT2D eigenvalue weighted by Gasteiger charge is -2.16. The van der Waals surface area contributed by atoms with Crippen LogP contribution in [0.1, 0.15) is 57.9 Å². The highest BCUT2D eigenvalue weighted by Crippen LogP contribution is 2.28. The van der Waals surface area contributed by atoms with Gasteiger partial charge >= 0.3 is 0 Å². The largest absolute Gasteiger partial charge is 0.483 e. The Hall–Kier alpha value is -2.15. The van der Waals surface area contributed by atoms with Gasteiger partial charge in [-0.1, -0.05) is 45.4 Å². The van der Waals surface area contributed by atoms with E-state index in [1.54, 1.807) is 0 Å². The van der Waals surface area contributed by atoms with Crippen LogP contribution >= 0.6 is 12.2 Å². The van der Waals surface area contributed by atoms with Gasteiger partial charge in [-0.25, -0.2) is 0 Å². The summed E-state index contributed by atoms with van der Waals surface area (Å²) in [7, 11) is 0. The fourth-order valence-electron chi connectivity index (χ4n) is 2.10. The zero-order chi connectivity index (χ0) is 18.7. The van der Waals surface area contributed by atoms with E-state index in [4.69, 9.17) is 17.0 Å². The van der Waals surface area contributed by atoms with Crippen LogP contribution in [0.2, 0.25) is 0 Å². The van der Waals surface area contributed by atoms with E-state index in [0.717, 1.165) is 24.8 Å². The maximum atomic E-state index is 11.9. The number of unbranched alkanes of at least 4 members (excludes halogenated alkanes) is 1. The Bertz CT molecular complexity index is 593. The second-order valence-corrected chi connectivity index (χ2v) is 6.20. The molecule has 6 nitrogen and oxygen atoms in total. The van der Waals surface area contributed by atoms with Gasteiger partial charge in [-0.15, -0.1) is 0 Å². The summed E-state index contributed by atoms with van der Waals surface area (Å²) in [4.78, 5) is 23.4. The number of thiocarbonyl (C=S) groups is 1. The summed E-state index contributed by atoms with van der Waals surface area (Å²) in [6.45, 7) is 6.08. The summed E-state index contributed by atoms with van der Waals surface area (Å²) >= 11 is 4.95. The SMILES string of the molecule is CCCCC(=O)NC(=S)NNC(=O)COc1ccccc1C(C)CC. The molecular weight excluding hydrogens is 338 g/mol. The number of carbonyl (C=O) groups is 2. The Labute approximate surface area is 154 Å². The molecule has 0 heterocycles. The van der Waals surface area contributed by atoms with Gasteiger partial charge in [0.05, 0.1) is 0 Å². The molecule has 1 rings (SSSR count). The first-order valence-electron chi connectivity index (χ1n) is 8.58. The minimum absolute atomic E-state index is 0.0643. The van der Waals surface area contributed by atoms with Crippen LogP contribution in [0, 0.1) is 0 Å². The van der Waals surface area contributed by atoms with Crippen molar-refractivity contribution in [3.05, 3.63) is 29.8 Å². The number of rotatable bonds is 8. The Morgan fingerprint density at radius 3 is 2.56 bits per heavy atom. The average Bonchev–Trinajstić information content (AvgIpc) is 2.62. The minimum Gasteiger partial charge on any atom is -0.483 e. The van der Waals surface area contributed by atoms with Gasteiger partial charge in [0, 0.05) is 6.42 Å². The van der Waals surface area contributed by atoms with Crippen molar-refractivity contribution in [2.75, 3.05) is 6.61 Å². The zero-order valence-corrected chi connectivity index (χ0v) is 15.9. The maximum absolute atomic E-state index is 11.9. The topological polar surface area (TPSA) is 79.5 Å². The number of amides is 2. The highest BCUT2D eigenvalue weighted by molar-refractivity contribution is 7.80. The standard InChI is InChI=1S/C18H27N3O3S/c1-4-6-11-16(22)19-18(25)21-20-17(23)12-24-15-10-8-7-9-14(15)13(3)5-2/h7-10,13H,4-6,11-12H2,1-3H3,(H,20,23)(H2,19,21,22,25). The van der Waals surface area contributed by atoms with Crippen molar-refractivity contribution in [2.24, 2.45) is 0 Å². The third kappa shape index (κ3) is 7.98. The molecule has 0 radical (unpaired) electrons. The number of ether oxygens (including phenoxy) is 1. The fraction of sp³-hybridized carbons (Fsp3) is 0.500. The number of nitrogens with one attached hydrogen (secondary N) is 3. The van der Waals surface area contributed by atoms with Crippen molar-refractivity contribution in [3.63, 3.8) is 0 Å². The quantitative estimate of drug-likeness (QED) is 0.488. The Balaban J connectivity index is 2.38. The molecular formula is C18H27N3O3S. The van der Waals surface area contributed by atoms with Crippen molar-refractivity contribution in [1.29, 1.82) is 0 Å². The average molecular weight is 365 g/mol. The first kappa shape index (κ1) is 20.9. The number of hydrazine groups is 1. The Kier molecular flexibility index (Phi) is 9.54. The molecule has 0 aromatic heterocycles. The van der Waals surface area contributed by atoms with Crippen molar-refractivity contribution in [2.45, 2.75) is 52.4 Å². The van der Waals surface area contributed by atoms with Crippen molar-refractivity contribution >= 4 is 29.1 Å². The van der Waals surface area contributed by atoms with E-state index in [-0.39, 0.29) is 23.5 Å². The van der Waals surface area contributed by atoms with Crippen LogP contribution < -0.4 is 20.9 Å². The molecule has 0 aliphatic rings. The van der Waals surface area contributed by atoms with Crippen LogP contribution in [0.25, 0.3) is 0 Å². The molecule has 25 heavy (non-hydrogen) atoms. The van der Waals surface area contributed by atoms with Gasteiger partial charge in [0.2, 0.25) is 5.91 Å². The summed E-state index contributed by atoms with van der Waals surface area (Å²) in [5.41, 5.74) is 5.98. The normalized spacial score (nSPS) is 11.3. The Morgan fingerprint density at radius 2 is 1.88 bits per heavy atom. The third-order valence-electron chi connectivity index (χ3n) is 3.75. The van der Waals surface area contributed by atoms with Gasteiger partial charge < -0.3 is 10.1 Å². The minimum atomic E-state index is -0.385. The van der Waals surface area contributed by atoms with Crippen LogP contribution in [-0.4, -0.2) is 23.5 Å². The summed E-state index contributed by atoms with van der Waals surface area (Å²) in [5.74, 6) is 0.488. The third-order valence-corrected chi connectivity index (χ3v) is 3.95. The van der Waals surface area contributed by atoms with Crippen LogP contribution in [0.15, 0.2) is 24.3 Å². The van der Waals surface area contributed by atoms with E-state index < -0.39 is 0 Å². The smallest absolute Gasteiger partial charge is 0.276 e. The number of benzene rings is 1. The summed E-state index contributed by atoms with van der Waals surface area (Å²) < 4.78 is 5.61.